The van der Waals surface area contributed by atoms with Crippen molar-refractivity contribution in [3.05, 3.63) is 29.8 Å². The molecule has 0 radical (unpaired) electrons. The molecule has 0 bridgehead atoms. The van der Waals surface area contributed by atoms with E-state index in [0.717, 1.165) is 6.40 Å². The summed E-state index contributed by atoms with van der Waals surface area (Å²) >= 11 is 0. The molecule has 1 aromatic carbocycles. The molecular formula is C10H9NO3. The van der Waals surface area contributed by atoms with E-state index in [2.05, 4.69) is 4.99 Å². The van der Waals surface area contributed by atoms with E-state index in [9.17, 15) is 9.90 Å². The maximum atomic E-state index is 11.1. The van der Waals surface area contributed by atoms with E-state index in [4.69, 9.17) is 4.74 Å². The Hall–Kier alpha value is -1.84. The molecular weight excluding hydrogens is 182 g/mol. The molecule has 1 heterocycles. The lowest BCUT2D eigenvalue weighted by Gasteiger charge is -2.08. The number of nitrogens with zero attached hydrogens (tertiary/aromatic N) is 1. The third-order valence-electron chi connectivity index (χ3n) is 2.08. The fourth-order valence-electron chi connectivity index (χ4n) is 1.32. The first kappa shape index (κ1) is 8.74. The predicted molar refractivity (Wildman–Crippen MR) is 50.2 cm³/mol. The van der Waals surface area contributed by atoms with Crippen LogP contribution in [0.5, 0.6) is 5.75 Å². The summed E-state index contributed by atoms with van der Waals surface area (Å²) in [6.45, 7) is 0. The van der Waals surface area contributed by atoms with Crippen molar-refractivity contribution < 1.29 is 14.6 Å². The van der Waals surface area contributed by atoms with E-state index in [0.29, 0.717) is 12.0 Å². The van der Waals surface area contributed by atoms with Crippen LogP contribution in [0.3, 0.4) is 0 Å². The topological polar surface area (TPSA) is 58.9 Å². The molecule has 72 valence electrons. The quantitative estimate of drug-likeness (QED) is 0.755. The van der Waals surface area contributed by atoms with Gasteiger partial charge in [-0.05, 0) is 11.6 Å². The smallest absolute Gasteiger partial charge is 0.289 e. The van der Waals surface area contributed by atoms with Crippen LogP contribution in [-0.2, 0) is 16.0 Å². The Morgan fingerprint density at radius 3 is 2.86 bits per heavy atom. The minimum Gasteiger partial charge on any atom is -0.508 e. The molecule has 0 fully saturated rings. The number of para-hydroxylation sites is 1. The summed E-state index contributed by atoms with van der Waals surface area (Å²) in [5.74, 6) is -0.121. The van der Waals surface area contributed by atoms with E-state index >= 15 is 0 Å². The minimum absolute atomic E-state index is 0.177. The van der Waals surface area contributed by atoms with Crippen LogP contribution in [0.25, 0.3) is 0 Å². The van der Waals surface area contributed by atoms with Gasteiger partial charge in [-0.2, -0.15) is 4.99 Å². The number of aromatic hydroxyl groups is 1. The summed E-state index contributed by atoms with van der Waals surface area (Å²) in [6, 6.07) is 6.86. The van der Waals surface area contributed by atoms with Crippen molar-refractivity contribution in [3.63, 3.8) is 0 Å². The highest BCUT2D eigenvalue weighted by molar-refractivity contribution is 5.91. The SMILES string of the molecule is O=C1N=COC1Cc1ccccc1O. The molecule has 1 amide bonds. The zero-order valence-corrected chi connectivity index (χ0v) is 7.38. The fraction of sp³-hybridized carbons (Fsp3) is 0.200. The van der Waals surface area contributed by atoms with Gasteiger partial charge in [0.15, 0.2) is 12.5 Å². The van der Waals surface area contributed by atoms with Crippen LogP contribution in [0.15, 0.2) is 29.3 Å². The van der Waals surface area contributed by atoms with Crippen molar-refractivity contribution in [2.45, 2.75) is 12.5 Å². The first-order chi connectivity index (χ1) is 6.77. The average Bonchev–Trinajstić information content (AvgIpc) is 2.56. The Morgan fingerprint density at radius 1 is 1.43 bits per heavy atom. The number of phenolic OH excluding ortho intramolecular Hbond substituents is 1. The summed E-state index contributed by atoms with van der Waals surface area (Å²) in [5.41, 5.74) is 0.691. The summed E-state index contributed by atoms with van der Waals surface area (Å²) in [4.78, 5) is 14.6. The molecule has 1 atom stereocenters. The molecule has 4 heteroatoms. The molecule has 2 rings (SSSR count). The molecule has 4 nitrogen and oxygen atoms in total. The first-order valence-corrected chi connectivity index (χ1v) is 4.26. The predicted octanol–water partition coefficient (Wildman–Crippen LogP) is 0.888. The highest BCUT2D eigenvalue weighted by Crippen LogP contribution is 2.19. The number of aliphatic imine (C=N–C) groups is 1. The number of carbonyl (C=O) groups is 1. The van der Waals surface area contributed by atoms with Gasteiger partial charge >= 0.3 is 0 Å². The van der Waals surface area contributed by atoms with Crippen LogP contribution in [0.2, 0.25) is 0 Å². The van der Waals surface area contributed by atoms with Crippen LogP contribution >= 0.6 is 0 Å². The van der Waals surface area contributed by atoms with Crippen molar-refractivity contribution in [1.29, 1.82) is 0 Å². The van der Waals surface area contributed by atoms with Gasteiger partial charge in [0.1, 0.15) is 5.75 Å². The second-order valence-electron chi connectivity index (χ2n) is 3.03. The molecule has 0 saturated heterocycles. The highest BCUT2D eigenvalue weighted by atomic mass is 16.5. The Labute approximate surface area is 80.8 Å². The summed E-state index contributed by atoms with van der Waals surface area (Å²) < 4.78 is 4.97. The monoisotopic (exact) mass is 191 g/mol. The fourth-order valence-corrected chi connectivity index (χ4v) is 1.32. The van der Waals surface area contributed by atoms with Gasteiger partial charge in [0, 0.05) is 6.42 Å². The van der Waals surface area contributed by atoms with E-state index in [-0.39, 0.29) is 11.7 Å². The first-order valence-electron chi connectivity index (χ1n) is 4.26. The Balaban J connectivity index is 2.12. The molecule has 0 aromatic heterocycles. The summed E-state index contributed by atoms with van der Waals surface area (Å²) in [7, 11) is 0. The van der Waals surface area contributed by atoms with Gasteiger partial charge in [-0.15, -0.1) is 0 Å². The largest absolute Gasteiger partial charge is 0.508 e. The lowest BCUT2D eigenvalue weighted by molar-refractivity contribution is -0.122. The van der Waals surface area contributed by atoms with Crippen LogP contribution in [0, 0.1) is 0 Å². The third kappa shape index (κ3) is 1.59. The number of phenols is 1. The lowest BCUT2D eigenvalue weighted by Crippen LogP contribution is -2.19. The number of benzene rings is 1. The molecule has 0 saturated carbocycles. The van der Waals surface area contributed by atoms with Crippen LogP contribution in [0.4, 0.5) is 0 Å². The maximum absolute atomic E-state index is 11.1. The minimum atomic E-state index is -0.580. The number of hydrogen-bond acceptors (Lipinski definition) is 3. The molecule has 1 aliphatic heterocycles. The number of rotatable bonds is 2. The molecule has 0 aliphatic carbocycles. The van der Waals surface area contributed by atoms with Crippen LogP contribution in [0.1, 0.15) is 5.56 Å². The zero-order valence-electron chi connectivity index (χ0n) is 7.38. The number of ether oxygens (including phenoxy) is 1. The van der Waals surface area contributed by atoms with Crippen LogP contribution < -0.4 is 0 Å². The van der Waals surface area contributed by atoms with Crippen LogP contribution in [-0.4, -0.2) is 23.5 Å². The molecule has 1 aliphatic rings. The van der Waals surface area contributed by atoms with E-state index in [1.165, 1.54) is 0 Å². The number of hydrogen-bond donors (Lipinski definition) is 1. The number of carbonyl (C=O) groups excluding carboxylic acids is 1. The second-order valence-corrected chi connectivity index (χ2v) is 3.03. The molecule has 1 aromatic rings. The van der Waals surface area contributed by atoms with Gasteiger partial charge in [0.25, 0.3) is 5.91 Å². The molecule has 1 N–H and O–H groups in total. The van der Waals surface area contributed by atoms with E-state index < -0.39 is 6.10 Å². The van der Waals surface area contributed by atoms with Crippen molar-refractivity contribution in [3.8, 4) is 5.75 Å². The van der Waals surface area contributed by atoms with E-state index in [1.807, 2.05) is 0 Å². The normalized spacial score (nSPS) is 19.7. The second kappa shape index (κ2) is 3.49. The molecule has 0 spiro atoms. The van der Waals surface area contributed by atoms with Gasteiger partial charge in [-0.3, -0.25) is 4.79 Å². The number of amides is 1. The highest BCUT2D eigenvalue weighted by Gasteiger charge is 2.24. The average molecular weight is 191 g/mol. The van der Waals surface area contributed by atoms with Crippen molar-refractivity contribution in [2.24, 2.45) is 4.99 Å². The van der Waals surface area contributed by atoms with Crippen molar-refractivity contribution in [2.75, 3.05) is 0 Å². The maximum Gasteiger partial charge on any atom is 0.289 e. The summed E-state index contributed by atoms with van der Waals surface area (Å²) in [6.07, 6.45) is 0.918. The molecule has 14 heavy (non-hydrogen) atoms. The zero-order chi connectivity index (χ0) is 9.97. The van der Waals surface area contributed by atoms with Gasteiger partial charge in [0.05, 0.1) is 0 Å². The van der Waals surface area contributed by atoms with Gasteiger partial charge < -0.3 is 9.84 Å². The lowest BCUT2D eigenvalue weighted by atomic mass is 10.1. The van der Waals surface area contributed by atoms with E-state index in [1.54, 1.807) is 24.3 Å². The molecule has 1 unspecified atom stereocenters. The Morgan fingerprint density at radius 2 is 2.21 bits per heavy atom. The van der Waals surface area contributed by atoms with Crippen molar-refractivity contribution in [1.82, 2.24) is 0 Å². The Bertz CT molecular complexity index is 387. The Kier molecular flexibility index (Phi) is 2.18. The summed E-state index contributed by atoms with van der Waals surface area (Å²) in [5, 5.41) is 9.45. The van der Waals surface area contributed by atoms with Gasteiger partial charge in [-0.1, -0.05) is 18.2 Å². The van der Waals surface area contributed by atoms with Gasteiger partial charge in [0.2, 0.25) is 0 Å². The van der Waals surface area contributed by atoms with Crippen molar-refractivity contribution >= 4 is 12.3 Å². The standard InChI is InChI=1S/C10H9NO3/c12-8-4-2-1-3-7(8)5-9-10(13)11-6-14-9/h1-4,6,9,12H,5H2. The third-order valence-corrected chi connectivity index (χ3v) is 2.08. The van der Waals surface area contributed by atoms with Gasteiger partial charge in [-0.25, -0.2) is 0 Å².